The fourth-order valence-electron chi connectivity index (χ4n) is 6.22. The van der Waals surface area contributed by atoms with Crippen molar-refractivity contribution in [3.63, 3.8) is 0 Å². The van der Waals surface area contributed by atoms with Crippen molar-refractivity contribution in [2.45, 2.75) is 44.4 Å². The lowest BCUT2D eigenvalue weighted by molar-refractivity contribution is -0.135. The number of fused-ring (bicyclic) bond motifs is 1. The monoisotopic (exact) mass is 476 g/mol. The smallest absolute Gasteiger partial charge is 0.236 e. The molecular formula is C29H40N4O2. The van der Waals surface area contributed by atoms with Crippen LogP contribution in [0.2, 0.25) is 0 Å². The van der Waals surface area contributed by atoms with E-state index in [9.17, 15) is 4.79 Å². The molecule has 1 saturated heterocycles. The van der Waals surface area contributed by atoms with Gasteiger partial charge in [0.1, 0.15) is 0 Å². The molecule has 1 unspecified atom stereocenters. The number of piperazine rings is 1. The second-order valence-corrected chi connectivity index (χ2v) is 10.6. The SMILES string of the molecule is COC1c2ccccc2CCN1c1ccc(N(C)CC2CCC(N3CCN(C)C(=O)C3)CC2)cc1. The fraction of sp³-hybridized carbons (Fsp3) is 0.552. The molecule has 3 aliphatic rings. The van der Waals surface area contributed by atoms with Crippen molar-refractivity contribution in [2.24, 2.45) is 5.92 Å². The van der Waals surface area contributed by atoms with E-state index >= 15 is 0 Å². The van der Waals surface area contributed by atoms with E-state index in [4.69, 9.17) is 4.74 Å². The van der Waals surface area contributed by atoms with Gasteiger partial charge in [-0.1, -0.05) is 24.3 Å². The largest absolute Gasteiger partial charge is 0.374 e. The van der Waals surface area contributed by atoms with E-state index in [1.807, 2.05) is 11.9 Å². The summed E-state index contributed by atoms with van der Waals surface area (Å²) in [5.74, 6) is 0.989. The zero-order chi connectivity index (χ0) is 24.4. The zero-order valence-electron chi connectivity index (χ0n) is 21.5. The third kappa shape index (κ3) is 5.19. The molecule has 0 aromatic heterocycles. The van der Waals surface area contributed by atoms with Crippen LogP contribution in [-0.4, -0.2) is 75.7 Å². The number of hydrogen-bond donors (Lipinski definition) is 0. The first-order valence-electron chi connectivity index (χ1n) is 13.2. The lowest BCUT2D eigenvalue weighted by Gasteiger charge is -2.41. The molecule has 2 aliphatic heterocycles. The first-order valence-corrected chi connectivity index (χ1v) is 13.2. The van der Waals surface area contributed by atoms with Gasteiger partial charge in [0, 0.05) is 70.4 Å². The summed E-state index contributed by atoms with van der Waals surface area (Å²) in [7, 11) is 5.94. The number of carbonyl (C=O) groups excluding carboxylic acids is 1. The van der Waals surface area contributed by atoms with Crippen molar-refractivity contribution in [1.29, 1.82) is 0 Å². The predicted octanol–water partition coefficient (Wildman–Crippen LogP) is 4.16. The number of ether oxygens (including phenoxy) is 1. The van der Waals surface area contributed by atoms with Crippen LogP contribution in [0.1, 0.15) is 43.0 Å². The number of carbonyl (C=O) groups is 1. The number of benzene rings is 2. The van der Waals surface area contributed by atoms with Crippen molar-refractivity contribution in [3.05, 3.63) is 59.7 Å². The maximum Gasteiger partial charge on any atom is 0.236 e. The van der Waals surface area contributed by atoms with Crippen molar-refractivity contribution in [2.75, 3.05) is 63.7 Å². The van der Waals surface area contributed by atoms with Crippen LogP contribution in [0.4, 0.5) is 11.4 Å². The Kier molecular flexibility index (Phi) is 7.30. The molecule has 0 radical (unpaired) electrons. The van der Waals surface area contributed by atoms with Gasteiger partial charge in [-0.05, 0) is 67.9 Å². The molecule has 1 aliphatic carbocycles. The van der Waals surface area contributed by atoms with Crippen molar-refractivity contribution >= 4 is 17.3 Å². The van der Waals surface area contributed by atoms with E-state index in [0.29, 0.717) is 12.6 Å². The lowest BCUT2D eigenvalue weighted by atomic mass is 9.84. The van der Waals surface area contributed by atoms with Gasteiger partial charge in [0.2, 0.25) is 5.91 Å². The second-order valence-electron chi connectivity index (χ2n) is 10.6. The molecule has 2 heterocycles. The molecule has 5 rings (SSSR count). The fourth-order valence-corrected chi connectivity index (χ4v) is 6.22. The van der Waals surface area contributed by atoms with Gasteiger partial charge in [-0.2, -0.15) is 0 Å². The van der Waals surface area contributed by atoms with Crippen LogP contribution in [0.15, 0.2) is 48.5 Å². The minimum atomic E-state index is -0.0330. The van der Waals surface area contributed by atoms with Gasteiger partial charge < -0.3 is 19.4 Å². The van der Waals surface area contributed by atoms with Crippen LogP contribution in [0.25, 0.3) is 0 Å². The number of rotatable bonds is 6. The molecule has 6 heteroatoms. The van der Waals surface area contributed by atoms with Gasteiger partial charge in [-0.15, -0.1) is 0 Å². The molecule has 2 aromatic rings. The minimum Gasteiger partial charge on any atom is -0.374 e. The van der Waals surface area contributed by atoms with E-state index in [1.165, 1.54) is 48.2 Å². The number of hydrogen-bond acceptors (Lipinski definition) is 5. The van der Waals surface area contributed by atoms with Crippen LogP contribution >= 0.6 is 0 Å². The molecule has 0 spiro atoms. The van der Waals surface area contributed by atoms with Crippen molar-refractivity contribution < 1.29 is 9.53 Å². The molecule has 0 N–H and O–H groups in total. The average molecular weight is 477 g/mol. The lowest BCUT2D eigenvalue weighted by Crippen LogP contribution is -2.53. The first kappa shape index (κ1) is 24.1. The van der Waals surface area contributed by atoms with Crippen molar-refractivity contribution in [1.82, 2.24) is 9.80 Å². The zero-order valence-corrected chi connectivity index (χ0v) is 21.5. The molecule has 1 saturated carbocycles. The topological polar surface area (TPSA) is 39.3 Å². The highest BCUT2D eigenvalue weighted by Crippen LogP contribution is 2.35. The highest BCUT2D eigenvalue weighted by molar-refractivity contribution is 5.78. The van der Waals surface area contributed by atoms with Crippen LogP contribution < -0.4 is 9.80 Å². The summed E-state index contributed by atoms with van der Waals surface area (Å²) in [6, 6.07) is 18.2. The number of nitrogens with zero attached hydrogens (tertiary/aromatic N) is 4. The van der Waals surface area contributed by atoms with Crippen molar-refractivity contribution in [3.8, 4) is 0 Å². The maximum absolute atomic E-state index is 12.1. The predicted molar refractivity (Wildman–Crippen MR) is 142 cm³/mol. The summed E-state index contributed by atoms with van der Waals surface area (Å²) in [6.07, 6.45) is 5.93. The molecule has 1 amide bonds. The number of likely N-dealkylation sites (N-methyl/N-ethyl adjacent to an activating group) is 1. The van der Waals surface area contributed by atoms with Gasteiger partial charge in [0.15, 0.2) is 6.23 Å². The highest BCUT2D eigenvalue weighted by atomic mass is 16.5. The van der Waals surface area contributed by atoms with E-state index in [2.05, 4.69) is 70.3 Å². The first-order chi connectivity index (χ1) is 17.0. The molecule has 2 fully saturated rings. The van der Waals surface area contributed by atoms with E-state index < -0.39 is 0 Å². The van der Waals surface area contributed by atoms with E-state index in [-0.39, 0.29) is 12.1 Å². The normalized spacial score (nSPS) is 25.5. The highest BCUT2D eigenvalue weighted by Gasteiger charge is 2.31. The summed E-state index contributed by atoms with van der Waals surface area (Å²) in [5.41, 5.74) is 5.15. The Bertz CT molecular complexity index is 1000. The molecule has 35 heavy (non-hydrogen) atoms. The van der Waals surface area contributed by atoms with E-state index in [0.717, 1.165) is 38.5 Å². The number of methoxy groups -OCH3 is 1. The third-order valence-corrected chi connectivity index (χ3v) is 8.42. The third-order valence-electron chi connectivity index (χ3n) is 8.42. The van der Waals surface area contributed by atoms with Gasteiger partial charge >= 0.3 is 0 Å². The summed E-state index contributed by atoms with van der Waals surface area (Å²) in [5, 5.41) is 0. The molecule has 6 nitrogen and oxygen atoms in total. The van der Waals surface area contributed by atoms with Gasteiger partial charge in [-0.25, -0.2) is 0 Å². The second kappa shape index (κ2) is 10.6. The Morgan fingerprint density at radius 3 is 2.43 bits per heavy atom. The van der Waals surface area contributed by atoms with Gasteiger partial charge in [0.25, 0.3) is 0 Å². The van der Waals surface area contributed by atoms with Gasteiger partial charge in [0.05, 0.1) is 6.54 Å². The van der Waals surface area contributed by atoms with Crippen LogP contribution in [-0.2, 0) is 16.0 Å². The quantitative estimate of drug-likeness (QED) is 0.626. The summed E-state index contributed by atoms with van der Waals surface area (Å²) in [4.78, 5) is 21.2. The van der Waals surface area contributed by atoms with Crippen LogP contribution in [0.5, 0.6) is 0 Å². The Labute approximate surface area is 210 Å². The van der Waals surface area contributed by atoms with Crippen LogP contribution in [0, 0.1) is 5.92 Å². The maximum atomic E-state index is 12.1. The molecule has 188 valence electrons. The Morgan fingerprint density at radius 2 is 1.71 bits per heavy atom. The number of amides is 1. The molecular weight excluding hydrogens is 436 g/mol. The number of anilines is 2. The Hall–Kier alpha value is -2.57. The molecule has 1 atom stereocenters. The van der Waals surface area contributed by atoms with Gasteiger partial charge in [-0.3, -0.25) is 9.69 Å². The minimum absolute atomic E-state index is 0.0330. The van der Waals surface area contributed by atoms with Crippen LogP contribution in [0.3, 0.4) is 0 Å². The average Bonchev–Trinajstić information content (AvgIpc) is 2.90. The standard InChI is InChI=1S/C29H40N4O2/c1-30-18-19-32(21-28(30)34)25-10-8-22(9-11-25)20-31(2)24-12-14-26(15-13-24)33-17-16-23-6-4-5-7-27(23)29(33)35-3/h4-7,12-15,22,25,29H,8-11,16-21H2,1-3H3. The Morgan fingerprint density at radius 1 is 0.971 bits per heavy atom. The van der Waals surface area contributed by atoms with E-state index in [1.54, 1.807) is 7.11 Å². The Balaban J connectivity index is 1.15. The molecule has 0 bridgehead atoms. The summed E-state index contributed by atoms with van der Waals surface area (Å²) >= 11 is 0. The summed E-state index contributed by atoms with van der Waals surface area (Å²) in [6.45, 7) is 4.55. The molecule has 2 aromatic carbocycles. The summed E-state index contributed by atoms with van der Waals surface area (Å²) < 4.78 is 5.92.